The summed E-state index contributed by atoms with van der Waals surface area (Å²) in [6, 6.07) is 5.57. The summed E-state index contributed by atoms with van der Waals surface area (Å²) in [7, 11) is 1.62. The molecule has 1 heterocycles. The maximum Gasteiger partial charge on any atom is 0.137 e. The molecule has 0 aliphatic heterocycles. The summed E-state index contributed by atoms with van der Waals surface area (Å²) >= 11 is 0. The summed E-state index contributed by atoms with van der Waals surface area (Å²) in [5, 5.41) is 4.03. The average Bonchev–Trinajstić information content (AvgIpc) is 2.73. The molecule has 2 aromatic rings. The summed E-state index contributed by atoms with van der Waals surface area (Å²) in [6.07, 6.45) is 3.17. The lowest BCUT2D eigenvalue weighted by atomic mass is 10.2. The summed E-state index contributed by atoms with van der Waals surface area (Å²) in [4.78, 5) is 3.88. The minimum Gasteiger partial charge on any atom is -0.496 e. The van der Waals surface area contributed by atoms with E-state index in [2.05, 4.69) is 10.1 Å². The number of rotatable bonds is 3. The van der Waals surface area contributed by atoms with Gasteiger partial charge in [-0.25, -0.2) is 9.67 Å². The van der Waals surface area contributed by atoms with Crippen LogP contribution in [0.2, 0.25) is 0 Å². The first-order chi connectivity index (χ1) is 7.29. The van der Waals surface area contributed by atoms with Crippen molar-refractivity contribution in [1.82, 2.24) is 14.8 Å². The van der Waals surface area contributed by atoms with Crippen molar-refractivity contribution in [2.75, 3.05) is 12.8 Å². The van der Waals surface area contributed by atoms with Gasteiger partial charge in [0.25, 0.3) is 0 Å². The molecule has 0 fully saturated rings. The van der Waals surface area contributed by atoms with Gasteiger partial charge in [-0.15, -0.1) is 0 Å². The molecule has 1 aromatic carbocycles. The lowest BCUT2D eigenvalue weighted by molar-refractivity contribution is 0.407. The SMILES string of the molecule is COc1cc(N)ccc1Cn1cncn1. The van der Waals surface area contributed by atoms with Crippen LogP contribution in [0.5, 0.6) is 5.75 Å². The fraction of sp³-hybridized carbons (Fsp3) is 0.200. The van der Waals surface area contributed by atoms with Crippen LogP contribution < -0.4 is 10.5 Å². The Morgan fingerprint density at radius 3 is 3.00 bits per heavy atom. The van der Waals surface area contributed by atoms with Gasteiger partial charge in [0.05, 0.1) is 13.7 Å². The molecule has 1 aromatic heterocycles. The molecule has 0 aliphatic rings. The highest BCUT2D eigenvalue weighted by atomic mass is 16.5. The maximum atomic E-state index is 5.66. The number of hydrogen-bond acceptors (Lipinski definition) is 4. The van der Waals surface area contributed by atoms with Gasteiger partial charge in [0.15, 0.2) is 0 Å². The van der Waals surface area contributed by atoms with Crippen molar-refractivity contribution in [2.45, 2.75) is 6.54 Å². The second-order valence-corrected chi connectivity index (χ2v) is 3.16. The largest absolute Gasteiger partial charge is 0.496 e. The monoisotopic (exact) mass is 204 g/mol. The molecule has 5 nitrogen and oxygen atoms in total. The minimum absolute atomic E-state index is 0.628. The van der Waals surface area contributed by atoms with Crippen molar-refractivity contribution in [1.29, 1.82) is 0 Å². The van der Waals surface area contributed by atoms with Crippen LogP contribution in [-0.4, -0.2) is 21.9 Å². The third kappa shape index (κ3) is 2.07. The molecule has 78 valence electrons. The van der Waals surface area contributed by atoms with Gasteiger partial charge in [-0.05, 0) is 6.07 Å². The summed E-state index contributed by atoms with van der Waals surface area (Å²) in [5.41, 5.74) is 7.38. The Balaban J connectivity index is 2.28. The number of hydrogen-bond donors (Lipinski definition) is 1. The van der Waals surface area contributed by atoms with Crippen molar-refractivity contribution in [2.24, 2.45) is 0 Å². The molecular formula is C10H12N4O. The second kappa shape index (κ2) is 4.00. The van der Waals surface area contributed by atoms with Crippen molar-refractivity contribution in [3.05, 3.63) is 36.4 Å². The van der Waals surface area contributed by atoms with Crippen molar-refractivity contribution in [3.63, 3.8) is 0 Å². The van der Waals surface area contributed by atoms with Crippen LogP contribution in [0.15, 0.2) is 30.9 Å². The van der Waals surface area contributed by atoms with Crippen molar-refractivity contribution < 1.29 is 4.74 Å². The number of anilines is 1. The zero-order valence-electron chi connectivity index (χ0n) is 8.42. The minimum atomic E-state index is 0.628. The lowest BCUT2D eigenvalue weighted by Gasteiger charge is -2.08. The molecular weight excluding hydrogens is 192 g/mol. The maximum absolute atomic E-state index is 5.66. The van der Waals surface area contributed by atoms with Crippen LogP contribution in [0.1, 0.15) is 5.56 Å². The first-order valence-electron chi connectivity index (χ1n) is 4.54. The Kier molecular flexibility index (Phi) is 2.53. The van der Waals surface area contributed by atoms with Crippen LogP contribution in [0.4, 0.5) is 5.69 Å². The Labute approximate surface area is 87.5 Å². The van der Waals surface area contributed by atoms with Gasteiger partial charge in [-0.1, -0.05) is 6.07 Å². The highest BCUT2D eigenvalue weighted by Crippen LogP contribution is 2.21. The van der Waals surface area contributed by atoms with E-state index in [-0.39, 0.29) is 0 Å². The zero-order chi connectivity index (χ0) is 10.7. The van der Waals surface area contributed by atoms with Gasteiger partial charge in [-0.2, -0.15) is 5.10 Å². The van der Waals surface area contributed by atoms with Gasteiger partial charge >= 0.3 is 0 Å². The van der Waals surface area contributed by atoms with Crippen molar-refractivity contribution >= 4 is 5.69 Å². The Bertz CT molecular complexity index is 439. The molecule has 2 N–H and O–H groups in total. The average molecular weight is 204 g/mol. The van der Waals surface area contributed by atoms with Gasteiger partial charge in [0.2, 0.25) is 0 Å². The van der Waals surface area contributed by atoms with Crippen LogP contribution in [0.3, 0.4) is 0 Å². The molecule has 0 saturated heterocycles. The molecule has 5 heteroatoms. The zero-order valence-corrected chi connectivity index (χ0v) is 8.42. The third-order valence-electron chi connectivity index (χ3n) is 2.11. The number of nitrogens with two attached hydrogens (primary N) is 1. The van der Waals surface area contributed by atoms with Gasteiger partial charge in [-0.3, -0.25) is 0 Å². The molecule has 0 bridgehead atoms. The lowest BCUT2D eigenvalue weighted by Crippen LogP contribution is -2.02. The molecule has 0 radical (unpaired) electrons. The number of benzene rings is 1. The van der Waals surface area contributed by atoms with E-state index in [0.29, 0.717) is 12.2 Å². The summed E-state index contributed by atoms with van der Waals surface area (Å²) in [6.45, 7) is 0.628. The first kappa shape index (κ1) is 9.51. The number of nitrogens with zero attached hydrogens (tertiary/aromatic N) is 3. The van der Waals surface area contributed by atoms with E-state index in [0.717, 1.165) is 11.3 Å². The molecule has 0 unspecified atom stereocenters. The fourth-order valence-corrected chi connectivity index (χ4v) is 1.38. The summed E-state index contributed by atoms with van der Waals surface area (Å²) < 4.78 is 6.96. The molecule has 0 saturated carbocycles. The van der Waals surface area contributed by atoms with E-state index in [9.17, 15) is 0 Å². The van der Waals surface area contributed by atoms with Gasteiger partial charge in [0.1, 0.15) is 18.4 Å². The molecule has 0 amide bonds. The van der Waals surface area contributed by atoms with E-state index in [4.69, 9.17) is 10.5 Å². The predicted octanol–water partition coefficient (Wildman–Crippen LogP) is 0.917. The smallest absolute Gasteiger partial charge is 0.137 e. The highest BCUT2D eigenvalue weighted by Gasteiger charge is 2.04. The normalized spacial score (nSPS) is 10.2. The molecule has 0 aliphatic carbocycles. The fourth-order valence-electron chi connectivity index (χ4n) is 1.38. The van der Waals surface area contributed by atoms with Crippen LogP contribution in [-0.2, 0) is 6.54 Å². The van der Waals surface area contributed by atoms with E-state index >= 15 is 0 Å². The highest BCUT2D eigenvalue weighted by molar-refractivity contribution is 5.48. The number of aromatic nitrogens is 3. The van der Waals surface area contributed by atoms with Crippen LogP contribution in [0.25, 0.3) is 0 Å². The number of ether oxygens (including phenoxy) is 1. The Morgan fingerprint density at radius 2 is 2.33 bits per heavy atom. The number of methoxy groups -OCH3 is 1. The molecule has 0 atom stereocenters. The quantitative estimate of drug-likeness (QED) is 0.755. The summed E-state index contributed by atoms with van der Waals surface area (Å²) in [5.74, 6) is 0.769. The standard InChI is InChI=1S/C10H12N4O/c1-15-10-4-9(11)3-2-8(10)5-14-7-12-6-13-14/h2-4,6-7H,5,11H2,1H3. The first-order valence-corrected chi connectivity index (χ1v) is 4.54. The van der Waals surface area contributed by atoms with E-state index in [1.165, 1.54) is 6.33 Å². The van der Waals surface area contributed by atoms with Crippen LogP contribution >= 0.6 is 0 Å². The Hall–Kier alpha value is -2.04. The van der Waals surface area contributed by atoms with E-state index in [1.807, 2.05) is 12.1 Å². The van der Waals surface area contributed by atoms with Crippen molar-refractivity contribution in [3.8, 4) is 5.75 Å². The second-order valence-electron chi connectivity index (χ2n) is 3.16. The van der Waals surface area contributed by atoms with E-state index in [1.54, 1.807) is 24.2 Å². The predicted molar refractivity (Wildman–Crippen MR) is 56.5 cm³/mol. The molecule has 0 spiro atoms. The molecule has 15 heavy (non-hydrogen) atoms. The molecule has 2 rings (SSSR count). The van der Waals surface area contributed by atoms with Gasteiger partial charge in [0, 0.05) is 17.3 Å². The number of nitrogen functional groups attached to an aromatic ring is 1. The van der Waals surface area contributed by atoms with Gasteiger partial charge < -0.3 is 10.5 Å². The van der Waals surface area contributed by atoms with Crippen LogP contribution in [0, 0.1) is 0 Å². The Morgan fingerprint density at radius 1 is 1.47 bits per heavy atom. The van der Waals surface area contributed by atoms with E-state index < -0.39 is 0 Å². The third-order valence-corrected chi connectivity index (χ3v) is 2.11. The topological polar surface area (TPSA) is 66.0 Å².